The summed E-state index contributed by atoms with van der Waals surface area (Å²) in [5, 5.41) is 11.3. The lowest BCUT2D eigenvalue weighted by Crippen LogP contribution is -2.36. The van der Waals surface area contributed by atoms with Crippen LogP contribution in [0.1, 0.15) is 21.6 Å². The Labute approximate surface area is 156 Å². The van der Waals surface area contributed by atoms with E-state index in [4.69, 9.17) is 0 Å². The van der Waals surface area contributed by atoms with Gasteiger partial charge in [-0.15, -0.1) is 0 Å². The molecule has 3 aromatic heterocycles. The van der Waals surface area contributed by atoms with Crippen LogP contribution in [0.25, 0.3) is 0 Å². The van der Waals surface area contributed by atoms with Gasteiger partial charge < -0.3 is 5.32 Å². The van der Waals surface area contributed by atoms with E-state index in [1.54, 1.807) is 6.20 Å². The van der Waals surface area contributed by atoms with Crippen LogP contribution in [0.5, 0.6) is 0 Å². The van der Waals surface area contributed by atoms with E-state index in [2.05, 4.69) is 37.1 Å². The fourth-order valence-electron chi connectivity index (χ4n) is 3.35. The summed E-state index contributed by atoms with van der Waals surface area (Å²) < 4.78 is 2.06. The summed E-state index contributed by atoms with van der Waals surface area (Å²) in [7, 11) is 0. The number of pyridine rings is 1. The van der Waals surface area contributed by atoms with E-state index in [0.717, 1.165) is 31.7 Å². The molecule has 0 spiro atoms. The predicted octanol–water partition coefficient (Wildman–Crippen LogP) is 2.40. The van der Waals surface area contributed by atoms with Gasteiger partial charge in [0.1, 0.15) is 0 Å². The number of nitrogens with one attached hydrogen (secondary N) is 1. The Kier molecular flexibility index (Phi) is 5.08. The standard InChI is InChI=1S/C19H21N5OS/c25-19(17-4-7-26-14-17)21-9-16-11-23(10-15-2-1-5-20-8-15)13-18-3-6-22-24(18)12-16/h1-8,14,16H,9-13H2,(H,21,25)/t16-/m0/s1. The number of carbonyl (C=O) groups excluding carboxylic acids is 1. The molecule has 0 fully saturated rings. The summed E-state index contributed by atoms with van der Waals surface area (Å²) in [6.45, 7) is 4.05. The molecular weight excluding hydrogens is 346 g/mol. The molecule has 6 nitrogen and oxygen atoms in total. The van der Waals surface area contributed by atoms with Gasteiger partial charge >= 0.3 is 0 Å². The van der Waals surface area contributed by atoms with Gasteiger partial charge in [-0.25, -0.2) is 0 Å². The molecule has 0 aromatic carbocycles. The summed E-state index contributed by atoms with van der Waals surface area (Å²) >= 11 is 1.54. The Morgan fingerprint density at radius 2 is 2.23 bits per heavy atom. The molecule has 0 saturated carbocycles. The van der Waals surface area contributed by atoms with Gasteiger partial charge in [-0.3, -0.25) is 19.4 Å². The maximum Gasteiger partial charge on any atom is 0.252 e. The Morgan fingerprint density at radius 1 is 1.27 bits per heavy atom. The van der Waals surface area contributed by atoms with Gasteiger partial charge in [-0.1, -0.05) is 6.07 Å². The van der Waals surface area contributed by atoms with Crippen molar-refractivity contribution < 1.29 is 4.79 Å². The van der Waals surface area contributed by atoms with Gasteiger partial charge in [0.2, 0.25) is 0 Å². The lowest BCUT2D eigenvalue weighted by atomic mass is 10.1. The summed E-state index contributed by atoms with van der Waals surface area (Å²) in [5.74, 6) is 0.297. The van der Waals surface area contributed by atoms with E-state index in [9.17, 15) is 4.79 Å². The summed E-state index contributed by atoms with van der Waals surface area (Å²) in [6.07, 6.45) is 5.56. The highest BCUT2D eigenvalue weighted by Gasteiger charge is 2.23. The van der Waals surface area contributed by atoms with Crippen LogP contribution in [0.4, 0.5) is 0 Å². The Hall–Kier alpha value is -2.51. The van der Waals surface area contributed by atoms with Crippen molar-refractivity contribution in [1.82, 2.24) is 25.0 Å². The zero-order valence-corrected chi connectivity index (χ0v) is 15.2. The Morgan fingerprint density at radius 3 is 3.04 bits per heavy atom. The lowest BCUT2D eigenvalue weighted by molar-refractivity contribution is 0.0940. The molecule has 134 valence electrons. The number of nitrogens with zero attached hydrogens (tertiary/aromatic N) is 4. The minimum absolute atomic E-state index is 0.00463. The van der Waals surface area contributed by atoms with Crippen molar-refractivity contribution in [2.24, 2.45) is 5.92 Å². The molecule has 4 rings (SSSR count). The second-order valence-electron chi connectivity index (χ2n) is 6.62. The highest BCUT2D eigenvalue weighted by atomic mass is 32.1. The minimum atomic E-state index is -0.00463. The third kappa shape index (κ3) is 4.00. The van der Waals surface area contributed by atoms with E-state index >= 15 is 0 Å². The van der Waals surface area contributed by atoms with Crippen molar-refractivity contribution in [1.29, 1.82) is 0 Å². The molecule has 1 amide bonds. The number of rotatable bonds is 5. The second kappa shape index (κ2) is 7.80. The summed E-state index contributed by atoms with van der Waals surface area (Å²) in [6, 6.07) is 7.99. The Balaban J connectivity index is 1.44. The van der Waals surface area contributed by atoms with Crippen LogP contribution in [-0.4, -0.2) is 38.7 Å². The first-order valence-corrected chi connectivity index (χ1v) is 9.64. The zero-order chi connectivity index (χ0) is 17.8. The predicted molar refractivity (Wildman–Crippen MR) is 101 cm³/mol. The monoisotopic (exact) mass is 367 g/mol. The van der Waals surface area contributed by atoms with Crippen LogP contribution in [-0.2, 0) is 19.6 Å². The van der Waals surface area contributed by atoms with Crippen molar-refractivity contribution in [2.45, 2.75) is 19.6 Å². The maximum absolute atomic E-state index is 12.3. The number of fused-ring (bicyclic) bond motifs is 1. The first-order chi connectivity index (χ1) is 12.8. The van der Waals surface area contributed by atoms with Crippen LogP contribution < -0.4 is 5.32 Å². The number of aromatic nitrogens is 3. The number of carbonyl (C=O) groups is 1. The van der Waals surface area contributed by atoms with E-state index in [-0.39, 0.29) is 5.91 Å². The topological polar surface area (TPSA) is 63.1 Å². The fraction of sp³-hybridized carbons (Fsp3) is 0.316. The molecule has 1 N–H and O–H groups in total. The normalized spacial score (nSPS) is 17.5. The van der Waals surface area contributed by atoms with Gasteiger partial charge in [-0.05, 0) is 29.1 Å². The number of amides is 1. The SMILES string of the molecule is O=C(NC[C@H]1CN(Cc2cccnc2)Cc2ccnn2C1)c1ccsc1. The molecule has 0 unspecified atom stereocenters. The van der Waals surface area contributed by atoms with Gasteiger partial charge in [0, 0.05) is 68.2 Å². The third-order valence-electron chi connectivity index (χ3n) is 4.60. The average molecular weight is 367 g/mol. The molecule has 26 heavy (non-hydrogen) atoms. The molecule has 3 aromatic rings. The first-order valence-electron chi connectivity index (χ1n) is 8.70. The largest absolute Gasteiger partial charge is 0.352 e. The third-order valence-corrected chi connectivity index (χ3v) is 5.28. The average Bonchev–Trinajstić information content (AvgIpc) is 3.30. The molecule has 1 aliphatic rings. The minimum Gasteiger partial charge on any atom is -0.352 e. The van der Waals surface area contributed by atoms with Gasteiger partial charge in [0.05, 0.1) is 5.69 Å². The molecule has 1 atom stereocenters. The molecule has 1 aliphatic heterocycles. The zero-order valence-electron chi connectivity index (χ0n) is 14.4. The molecule has 0 saturated heterocycles. The van der Waals surface area contributed by atoms with Crippen LogP contribution in [0.15, 0.2) is 53.6 Å². The smallest absolute Gasteiger partial charge is 0.252 e. The van der Waals surface area contributed by atoms with E-state index in [1.807, 2.05) is 35.3 Å². The summed E-state index contributed by atoms with van der Waals surface area (Å²) in [4.78, 5) is 18.9. The van der Waals surface area contributed by atoms with Crippen molar-refractivity contribution in [3.63, 3.8) is 0 Å². The molecular formula is C19H21N5OS. The number of thiophene rings is 1. The van der Waals surface area contributed by atoms with E-state index < -0.39 is 0 Å². The molecule has 4 heterocycles. The molecule has 0 radical (unpaired) electrons. The van der Waals surface area contributed by atoms with Gasteiger partial charge in [-0.2, -0.15) is 16.4 Å². The highest BCUT2D eigenvalue weighted by molar-refractivity contribution is 7.08. The highest BCUT2D eigenvalue weighted by Crippen LogP contribution is 2.18. The van der Waals surface area contributed by atoms with Crippen LogP contribution in [0, 0.1) is 5.92 Å². The Bertz CT molecular complexity index is 846. The fourth-order valence-corrected chi connectivity index (χ4v) is 3.99. The lowest BCUT2D eigenvalue weighted by Gasteiger charge is -2.24. The van der Waals surface area contributed by atoms with Crippen molar-refractivity contribution >= 4 is 17.2 Å². The van der Waals surface area contributed by atoms with Crippen molar-refractivity contribution in [2.75, 3.05) is 13.1 Å². The maximum atomic E-state index is 12.3. The van der Waals surface area contributed by atoms with Gasteiger partial charge in [0.15, 0.2) is 0 Å². The quantitative estimate of drug-likeness (QED) is 0.752. The number of hydrogen-bond donors (Lipinski definition) is 1. The van der Waals surface area contributed by atoms with Crippen LogP contribution >= 0.6 is 11.3 Å². The van der Waals surface area contributed by atoms with Crippen LogP contribution in [0.3, 0.4) is 0 Å². The van der Waals surface area contributed by atoms with E-state index in [0.29, 0.717) is 12.5 Å². The van der Waals surface area contributed by atoms with E-state index in [1.165, 1.54) is 22.6 Å². The molecule has 0 bridgehead atoms. The van der Waals surface area contributed by atoms with Gasteiger partial charge in [0.25, 0.3) is 5.91 Å². The van der Waals surface area contributed by atoms with Crippen LogP contribution in [0.2, 0.25) is 0 Å². The second-order valence-corrected chi connectivity index (χ2v) is 7.40. The van der Waals surface area contributed by atoms with Crippen molar-refractivity contribution in [3.05, 3.63) is 70.4 Å². The molecule has 0 aliphatic carbocycles. The summed E-state index contributed by atoms with van der Waals surface area (Å²) in [5.41, 5.74) is 3.14. The number of hydrogen-bond acceptors (Lipinski definition) is 5. The van der Waals surface area contributed by atoms with Crippen molar-refractivity contribution in [3.8, 4) is 0 Å². The molecule has 7 heteroatoms. The first kappa shape index (κ1) is 16.9.